The number of carbonyl (C=O) groups excluding carboxylic acids is 2. The summed E-state index contributed by atoms with van der Waals surface area (Å²) in [6, 6.07) is 5.08. The molecule has 26 heavy (non-hydrogen) atoms. The normalized spacial score (nSPS) is 13.2. The molecule has 6 nitrogen and oxygen atoms in total. The van der Waals surface area contributed by atoms with Crippen LogP contribution in [-0.4, -0.2) is 30.5 Å². The van der Waals surface area contributed by atoms with Crippen molar-refractivity contribution in [3.8, 4) is 0 Å². The van der Waals surface area contributed by atoms with Crippen LogP contribution in [0.15, 0.2) is 35.1 Å². The molecule has 0 spiro atoms. The zero-order chi connectivity index (χ0) is 18.7. The Morgan fingerprint density at radius 2 is 1.92 bits per heavy atom. The topological polar surface area (TPSA) is 80.3 Å². The molecule has 2 N–H and O–H groups in total. The number of rotatable bonds is 6. The molecule has 1 aliphatic carbocycles. The lowest BCUT2D eigenvalue weighted by molar-refractivity contribution is 0.0600. The number of esters is 1. The van der Waals surface area contributed by atoms with Crippen LogP contribution >= 0.6 is 15.9 Å². The van der Waals surface area contributed by atoms with Gasteiger partial charge in [0.25, 0.3) is 5.91 Å². The molecular weight excluding hydrogens is 398 g/mol. The largest absolute Gasteiger partial charge is 0.465 e. The van der Waals surface area contributed by atoms with E-state index in [0.717, 1.165) is 22.3 Å². The Bertz CT molecular complexity index is 850. The highest BCUT2D eigenvalue weighted by molar-refractivity contribution is 9.10. The number of hydrogen-bond donors (Lipinski definition) is 2. The molecule has 0 bridgehead atoms. The van der Waals surface area contributed by atoms with Crippen molar-refractivity contribution in [2.24, 2.45) is 5.92 Å². The van der Waals surface area contributed by atoms with Gasteiger partial charge < -0.3 is 15.4 Å². The van der Waals surface area contributed by atoms with Crippen LogP contribution in [0.1, 0.15) is 39.1 Å². The van der Waals surface area contributed by atoms with Crippen molar-refractivity contribution < 1.29 is 14.3 Å². The summed E-state index contributed by atoms with van der Waals surface area (Å²) in [7, 11) is 1.34. The van der Waals surface area contributed by atoms with Crippen LogP contribution in [0.25, 0.3) is 0 Å². The van der Waals surface area contributed by atoms with Crippen LogP contribution in [0.3, 0.4) is 0 Å². The molecule has 7 heteroatoms. The third-order valence-electron chi connectivity index (χ3n) is 4.32. The Hall–Kier alpha value is -2.41. The number of carbonyl (C=O) groups is 2. The summed E-state index contributed by atoms with van der Waals surface area (Å²) in [5.41, 5.74) is 3.07. The zero-order valence-corrected chi connectivity index (χ0v) is 16.2. The van der Waals surface area contributed by atoms with E-state index in [0.29, 0.717) is 22.7 Å². The number of aromatic nitrogens is 1. The lowest BCUT2D eigenvalue weighted by Crippen LogP contribution is -2.15. The highest BCUT2D eigenvalue weighted by Gasteiger charge is 2.22. The van der Waals surface area contributed by atoms with Crippen molar-refractivity contribution in [1.82, 2.24) is 4.98 Å². The lowest BCUT2D eigenvalue weighted by atomic mass is 10.1. The van der Waals surface area contributed by atoms with Gasteiger partial charge in [-0.2, -0.15) is 0 Å². The fourth-order valence-electron chi connectivity index (χ4n) is 2.57. The van der Waals surface area contributed by atoms with E-state index in [1.165, 1.54) is 26.1 Å². The second-order valence-electron chi connectivity index (χ2n) is 6.36. The third kappa shape index (κ3) is 4.40. The Kier molecular flexibility index (Phi) is 5.56. The van der Waals surface area contributed by atoms with Crippen LogP contribution < -0.4 is 10.6 Å². The molecule has 1 fully saturated rings. The molecule has 1 aromatic heterocycles. The van der Waals surface area contributed by atoms with Crippen LogP contribution in [-0.2, 0) is 4.74 Å². The standard InChI is InChI=1S/C19H20BrN3O3/c1-11-16(22-8-12-3-4-12)6-13(19(25)26-2)7-17(11)23-18(24)14-5-15(20)10-21-9-14/h5-7,9-10,12,22H,3-4,8H2,1-2H3,(H,23,24). The Labute approximate surface area is 160 Å². The van der Waals surface area contributed by atoms with Gasteiger partial charge in [0, 0.05) is 34.8 Å². The van der Waals surface area contributed by atoms with Crippen molar-refractivity contribution in [3.05, 3.63) is 51.8 Å². The Morgan fingerprint density at radius 1 is 1.19 bits per heavy atom. The van der Waals surface area contributed by atoms with E-state index in [1.807, 2.05) is 6.92 Å². The second-order valence-corrected chi connectivity index (χ2v) is 7.27. The maximum atomic E-state index is 12.5. The molecule has 1 amide bonds. The molecule has 0 unspecified atom stereocenters. The third-order valence-corrected chi connectivity index (χ3v) is 4.76. The first kappa shape index (κ1) is 18.4. The van der Waals surface area contributed by atoms with Gasteiger partial charge in [-0.15, -0.1) is 0 Å². The van der Waals surface area contributed by atoms with Crippen LogP contribution in [0.5, 0.6) is 0 Å². The highest BCUT2D eigenvalue weighted by Crippen LogP contribution is 2.32. The average molecular weight is 418 g/mol. The number of pyridine rings is 1. The number of nitrogens with zero attached hydrogens (tertiary/aromatic N) is 1. The van der Waals surface area contributed by atoms with Crippen molar-refractivity contribution >= 4 is 39.2 Å². The summed E-state index contributed by atoms with van der Waals surface area (Å²) in [6.07, 6.45) is 5.55. The molecular formula is C19H20BrN3O3. The van der Waals surface area contributed by atoms with E-state index in [4.69, 9.17) is 4.74 Å². The predicted molar refractivity (Wildman–Crippen MR) is 104 cm³/mol. The van der Waals surface area contributed by atoms with Gasteiger partial charge in [0.2, 0.25) is 0 Å². The maximum Gasteiger partial charge on any atom is 0.337 e. The number of halogens is 1. The molecule has 136 valence electrons. The monoisotopic (exact) mass is 417 g/mol. The van der Waals surface area contributed by atoms with Crippen molar-refractivity contribution in [1.29, 1.82) is 0 Å². The van der Waals surface area contributed by atoms with Crippen LogP contribution in [0.4, 0.5) is 11.4 Å². The predicted octanol–water partition coefficient (Wildman–Crippen LogP) is 4.01. The Balaban J connectivity index is 1.89. The van der Waals surface area contributed by atoms with Gasteiger partial charge in [0.15, 0.2) is 0 Å². The SMILES string of the molecule is COC(=O)c1cc(NCC2CC2)c(C)c(NC(=O)c2cncc(Br)c2)c1. The van der Waals surface area contributed by atoms with E-state index < -0.39 is 5.97 Å². The maximum absolute atomic E-state index is 12.5. The second kappa shape index (κ2) is 7.86. The number of anilines is 2. The minimum Gasteiger partial charge on any atom is -0.465 e. The van der Waals surface area contributed by atoms with Gasteiger partial charge in [0.1, 0.15) is 0 Å². The van der Waals surface area contributed by atoms with E-state index >= 15 is 0 Å². The van der Waals surface area contributed by atoms with Crippen molar-refractivity contribution in [3.63, 3.8) is 0 Å². The number of ether oxygens (including phenoxy) is 1. The van der Waals surface area contributed by atoms with Gasteiger partial charge in [-0.1, -0.05) is 0 Å². The minimum absolute atomic E-state index is 0.294. The summed E-state index contributed by atoms with van der Waals surface area (Å²) < 4.78 is 5.55. The minimum atomic E-state index is -0.445. The van der Waals surface area contributed by atoms with Gasteiger partial charge in [-0.25, -0.2) is 4.79 Å². The smallest absolute Gasteiger partial charge is 0.337 e. The van der Waals surface area contributed by atoms with Gasteiger partial charge in [-0.05, 0) is 65.4 Å². The molecule has 2 aromatic rings. The van der Waals surface area contributed by atoms with Gasteiger partial charge in [0.05, 0.1) is 18.2 Å². The summed E-state index contributed by atoms with van der Waals surface area (Å²) in [4.78, 5) is 28.6. The first-order chi connectivity index (χ1) is 12.5. The number of methoxy groups -OCH3 is 1. The summed E-state index contributed by atoms with van der Waals surface area (Å²) in [5.74, 6) is -0.0573. The van der Waals surface area contributed by atoms with E-state index in [9.17, 15) is 9.59 Å². The fraction of sp³-hybridized carbons (Fsp3) is 0.316. The molecule has 0 atom stereocenters. The van der Waals surface area contributed by atoms with E-state index in [-0.39, 0.29) is 5.91 Å². The molecule has 3 rings (SSSR count). The zero-order valence-electron chi connectivity index (χ0n) is 14.6. The number of amides is 1. The Morgan fingerprint density at radius 3 is 2.58 bits per heavy atom. The molecule has 1 aliphatic rings. The molecule has 1 heterocycles. The van der Waals surface area contributed by atoms with Crippen molar-refractivity contribution in [2.75, 3.05) is 24.3 Å². The quantitative estimate of drug-likeness (QED) is 0.693. The summed E-state index contributed by atoms with van der Waals surface area (Å²) >= 11 is 3.31. The fourth-order valence-corrected chi connectivity index (χ4v) is 2.94. The molecule has 0 aliphatic heterocycles. The van der Waals surface area contributed by atoms with E-state index in [2.05, 4.69) is 31.5 Å². The first-order valence-electron chi connectivity index (χ1n) is 8.36. The number of hydrogen-bond acceptors (Lipinski definition) is 5. The van der Waals surface area contributed by atoms with E-state index in [1.54, 1.807) is 24.4 Å². The summed E-state index contributed by atoms with van der Waals surface area (Å²) in [6.45, 7) is 2.76. The first-order valence-corrected chi connectivity index (χ1v) is 9.16. The number of nitrogens with one attached hydrogen (secondary N) is 2. The van der Waals surface area contributed by atoms with Crippen molar-refractivity contribution in [2.45, 2.75) is 19.8 Å². The van der Waals surface area contributed by atoms with Gasteiger partial charge in [-0.3, -0.25) is 9.78 Å². The average Bonchev–Trinajstić information content (AvgIpc) is 3.46. The van der Waals surface area contributed by atoms with Crippen LogP contribution in [0.2, 0.25) is 0 Å². The molecule has 0 saturated heterocycles. The molecule has 1 aromatic carbocycles. The number of benzene rings is 1. The summed E-state index contributed by atoms with van der Waals surface area (Å²) in [5, 5.41) is 6.25. The van der Waals surface area contributed by atoms with Crippen LogP contribution in [0, 0.1) is 12.8 Å². The molecule has 0 radical (unpaired) electrons. The highest BCUT2D eigenvalue weighted by atomic mass is 79.9. The lowest BCUT2D eigenvalue weighted by Gasteiger charge is -2.16. The van der Waals surface area contributed by atoms with Gasteiger partial charge >= 0.3 is 5.97 Å². The molecule has 1 saturated carbocycles.